The molecule has 1 amide bonds. The Bertz CT molecular complexity index is 447. The highest BCUT2D eigenvalue weighted by Gasteiger charge is 2.18. The summed E-state index contributed by atoms with van der Waals surface area (Å²) in [5.74, 6) is -0.683. The molecule has 7 heteroatoms. The summed E-state index contributed by atoms with van der Waals surface area (Å²) in [7, 11) is 0. The number of carbonyl (C=O) groups is 2. The number of benzene rings is 1. The first kappa shape index (κ1) is 15.6. The van der Waals surface area contributed by atoms with Crippen LogP contribution in [0.5, 0.6) is 5.75 Å². The van der Waals surface area contributed by atoms with E-state index in [1.807, 2.05) is 0 Å². The van der Waals surface area contributed by atoms with Crippen molar-refractivity contribution < 1.29 is 19.4 Å². The smallest absolute Gasteiger partial charge is 0.415 e. The maximum Gasteiger partial charge on any atom is 0.415 e. The van der Waals surface area contributed by atoms with Gasteiger partial charge in [0, 0.05) is 24.8 Å². The van der Waals surface area contributed by atoms with Gasteiger partial charge in [0.05, 0.1) is 0 Å². The molecule has 0 bridgehead atoms. The largest absolute Gasteiger partial charge is 0.478 e. The Kier molecular flexibility index (Phi) is 6.45. The summed E-state index contributed by atoms with van der Waals surface area (Å²) in [6.45, 7) is 0.560. The first-order valence-electron chi connectivity index (χ1n) is 5.51. The van der Waals surface area contributed by atoms with Crippen molar-refractivity contribution in [2.75, 3.05) is 24.8 Å². The number of hydrogen-bond acceptors (Lipinski definition) is 3. The summed E-state index contributed by atoms with van der Waals surface area (Å²) in [5, 5.41) is 8.98. The number of rotatable bonds is 6. The molecule has 0 aliphatic heterocycles. The van der Waals surface area contributed by atoms with E-state index in [0.29, 0.717) is 0 Å². The van der Waals surface area contributed by atoms with E-state index in [2.05, 4.69) is 0 Å². The molecular weight excluding hydrogens is 293 g/mol. The number of ether oxygens (including phenoxy) is 1. The number of halogens is 2. The van der Waals surface area contributed by atoms with Crippen LogP contribution < -0.4 is 4.74 Å². The zero-order valence-corrected chi connectivity index (χ0v) is 11.5. The molecular formula is C12H13Cl2NO4. The molecule has 0 fully saturated rings. The van der Waals surface area contributed by atoms with Gasteiger partial charge in [0.2, 0.25) is 0 Å². The number of hydrogen-bond donors (Lipinski definition) is 1. The predicted octanol–water partition coefficient (Wildman–Crippen LogP) is 2.66. The van der Waals surface area contributed by atoms with Crippen molar-refractivity contribution in [3.63, 3.8) is 0 Å². The van der Waals surface area contributed by atoms with Crippen molar-refractivity contribution in [2.24, 2.45) is 0 Å². The van der Waals surface area contributed by atoms with E-state index < -0.39 is 12.1 Å². The average Bonchev–Trinajstić information content (AvgIpc) is 2.38. The Labute approximate surface area is 120 Å². The average molecular weight is 306 g/mol. The second kappa shape index (κ2) is 7.86. The molecule has 0 aromatic heterocycles. The fourth-order valence-corrected chi connectivity index (χ4v) is 1.80. The molecule has 0 radical (unpaired) electrons. The molecule has 0 atom stereocenters. The number of para-hydroxylation sites is 1. The van der Waals surface area contributed by atoms with Gasteiger partial charge in [-0.15, -0.1) is 23.2 Å². The van der Waals surface area contributed by atoms with Crippen molar-refractivity contribution >= 4 is 35.3 Å². The number of carbonyl (C=O) groups excluding carboxylic acids is 1. The zero-order valence-electron chi connectivity index (χ0n) is 10.0. The van der Waals surface area contributed by atoms with Gasteiger partial charge in [0.15, 0.2) is 0 Å². The molecule has 0 aliphatic rings. The highest BCUT2D eigenvalue weighted by molar-refractivity contribution is 6.18. The highest BCUT2D eigenvalue weighted by atomic mass is 35.5. The fraction of sp³-hybridized carbons (Fsp3) is 0.333. The first-order chi connectivity index (χ1) is 9.10. The Balaban J connectivity index is 2.83. The normalized spacial score (nSPS) is 10.0. The van der Waals surface area contributed by atoms with Crippen molar-refractivity contribution in [1.82, 2.24) is 4.90 Å². The number of carboxylic acids is 1. The molecule has 0 saturated carbocycles. The van der Waals surface area contributed by atoms with Gasteiger partial charge in [-0.1, -0.05) is 12.1 Å². The summed E-state index contributed by atoms with van der Waals surface area (Å²) in [5.41, 5.74) is -0.0763. The van der Waals surface area contributed by atoms with Crippen LogP contribution in [0.1, 0.15) is 10.4 Å². The van der Waals surface area contributed by atoms with Crippen LogP contribution in [0.2, 0.25) is 0 Å². The Hall–Kier alpha value is -1.46. The number of amides is 1. The zero-order chi connectivity index (χ0) is 14.3. The topological polar surface area (TPSA) is 66.8 Å². The molecule has 1 rings (SSSR count). The van der Waals surface area contributed by atoms with E-state index in [1.54, 1.807) is 12.1 Å². The molecule has 0 heterocycles. The second-order valence-electron chi connectivity index (χ2n) is 3.53. The standard InChI is InChI=1S/C12H13Cl2NO4/c13-5-7-15(8-6-14)12(18)19-10-4-2-1-3-9(10)11(16)17/h1-4H,5-8H2,(H,16,17). The third-order valence-electron chi connectivity index (χ3n) is 2.28. The third-order valence-corrected chi connectivity index (χ3v) is 2.62. The van der Waals surface area contributed by atoms with E-state index in [1.165, 1.54) is 17.0 Å². The van der Waals surface area contributed by atoms with E-state index in [9.17, 15) is 9.59 Å². The minimum atomic E-state index is -1.16. The van der Waals surface area contributed by atoms with Crippen LogP contribution in [-0.2, 0) is 0 Å². The lowest BCUT2D eigenvalue weighted by Crippen LogP contribution is -2.36. The van der Waals surface area contributed by atoms with E-state index in [-0.39, 0.29) is 36.2 Å². The van der Waals surface area contributed by atoms with Crippen LogP contribution in [0.4, 0.5) is 4.79 Å². The van der Waals surface area contributed by atoms with E-state index in [0.717, 1.165) is 0 Å². The molecule has 1 aromatic rings. The summed E-state index contributed by atoms with van der Waals surface area (Å²) in [6.07, 6.45) is -0.671. The molecule has 1 aromatic carbocycles. The molecule has 104 valence electrons. The SMILES string of the molecule is O=C(O)c1ccccc1OC(=O)N(CCCl)CCCl. The number of aromatic carboxylic acids is 1. The maximum absolute atomic E-state index is 11.9. The Morgan fingerprint density at radius 3 is 2.26 bits per heavy atom. The molecule has 1 N–H and O–H groups in total. The quantitative estimate of drug-likeness (QED) is 0.821. The van der Waals surface area contributed by atoms with Gasteiger partial charge in [-0.05, 0) is 12.1 Å². The van der Waals surface area contributed by atoms with Crippen LogP contribution >= 0.6 is 23.2 Å². The van der Waals surface area contributed by atoms with Crippen LogP contribution in [0.3, 0.4) is 0 Å². The first-order valence-corrected chi connectivity index (χ1v) is 6.58. The second-order valence-corrected chi connectivity index (χ2v) is 4.29. The fourth-order valence-electron chi connectivity index (χ4n) is 1.39. The number of nitrogens with zero attached hydrogens (tertiary/aromatic N) is 1. The molecule has 0 saturated heterocycles. The summed E-state index contributed by atoms with van der Waals surface area (Å²) >= 11 is 11.1. The van der Waals surface area contributed by atoms with Crippen LogP contribution in [-0.4, -0.2) is 46.9 Å². The third kappa shape index (κ3) is 4.61. The van der Waals surface area contributed by atoms with Crippen molar-refractivity contribution in [2.45, 2.75) is 0 Å². The lowest BCUT2D eigenvalue weighted by Gasteiger charge is -2.20. The molecule has 0 aliphatic carbocycles. The van der Waals surface area contributed by atoms with Crippen LogP contribution in [0.25, 0.3) is 0 Å². The summed E-state index contributed by atoms with van der Waals surface area (Å²) in [4.78, 5) is 24.2. The minimum Gasteiger partial charge on any atom is -0.478 e. The predicted molar refractivity (Wildman–Crippen MR) is 72.4 cm³/mol. The molecule has 19 heavy (non-hydrogen) atoms. The van der Waals surface area contributed by atoms with Crippen molar-refractivity contribution in [3.8, 4) is 5.75 Å². The van der Waals surface area contributed by atoms with Gasteiger partial charge in [-0.2, -0.15) is 0 Å². The van der Waals surface area contributed by atoms with E-state index >= 15 is 0 Å². The summed E-state index contributed by atoms with van der Waals surface area (Å²) in [6, 6.07) is 5.91. The number of alkyl halides is 2. The van der Waals surface area contributed by atoms with Gasteiger partial charge in [-0.3, -0.25) is 0 Å². The van der Waals surface area contributed by atoms with Gasteiger partial charge >= 0.3 is 12.1 Å². The van der Waals surface area contributed by atoms with Gasteiger partial charge in [-0.25, -0.2) is 9.59 Å². The van der Waals surface area contributed by atoms with Crippen molar-refractivity contribution in [1.29, 1.82) is 0 Å². The monoisotopic (exact) mass is 305 g/mol. The van der Waals surface area contributed by atoms with Crippen LogP contribution in [0.15, 0.2) is 24.3 Å². The van der Waals surface area contributed by atoms with Crippen molar-refractivity contribution in [3.05, 3.63) is 29.8 Å². The highest BCUT2D eigenvalue weighted by Crippen LogP contribution is 2.18. The molecule has 5 nitrogen and oxygen atoms in total. The van der Waals surface area contributed by atoms with Gasteiger partial charge < -0.3 is 14.7 Å². The molecule has 0 spiro atoms. The van der Waals surface area contributed by atoms with Gasteiger partial charge in [0.25, 0.3) is 0 Å². The number of carboxylic acid groups (broad SMARTS) is 1. The lowest BCUT2D eigenvalue weighted by molar-refractivity contribution is 0.0693. The lowest BCUT2D eigenvalue weighted by atomic mass is 10.2. The minimum absolute atomic E-state index is 0.00542. The Morgan fingerprint density at radius 2 is 1.74 bits per heavy atom. The van der Waals surface area contributed by atoms with Crippen LogP contribution in [0, 0.1) is 0 Å². The molecule has 0 unspecified atom stereocenters. The van der Waals surface area contributed by atoms with Gasteiger partial charge in [0.1, 0.15) is 11.3 Å². The maximum atomic E-state index is 11.9. The summed E-state index contributed by atoms with van der Waals surface area (Å²) < 4.78 is 5.06. The van der Waals surface area contributed by atoms with E-state index in [4.69, 9.17) is 33.0 Å². The Morgan fingerprint density at radius 1 is 1.16 bits per heavy atom.